The van der Waals surface area contributed by atoms with Crippen molar-refractivity contribution in [3.05, 3.63) is 82.3 Å². The first-order valence-corrected chi connectivity index (χ1v) is 13.4. The molecular weight excluding hydrogens is 430 g/mol. The van der Waals surface area contributed by atoms with Gasteiger partial charge in [0.05, 0.1) is 0 Å². The predicted octanol–water partition coefficient (Wildman–Crippen LogP) is 6.19. The Bertz CT molecular complexity index is 1180. The first-order chi connectivity index (χ1) is 15.4. The number of sulfone groups is 1. The van der Waals surface area contributed by atoms with E-state index >= 15 is 0 Å². The van der Waals surface area contributed by atoms with Crippen LogP contribution in [0.15, 0.2) is 71.2 Å². The minimum Gasteiger partial charge on any atom is -0.304 e. The number of carbonyl (C=O) groups excluding carboxylic acids is 1. The van der Waals surface area contributed by atoms with Gasteiger partial charge in [-0.3, -0.25) is 4.79 Å². The molecule has 0 bridgehead atoms. The number of carbonyl (C=O) groups is 1. The molecule has 0 saturated heterocycles. The lowest BCUT2D eigenvalue weighted by Gasteiger charge is -2.36. The highest BCUT2D eigenvalue weighted by atomic mass is 32.2. The van der Waals surface area contributed by atoms with Gasteiger partial charge in [-0.2, -0.15) is 0 Å². The molecule has 0 fully saturated rings. The number of hydrogen-bond acceptors (Lipinski definition) is 3. The van der Waals surface area contributed by atoms with E-state index in [0.717, 1.165) is 34.4 Å². The van der Waals surface area contributed by atoms with E-state index in [2.05, 4.69) is 20.8 Å². The Labute approximate surface area is 198 Å². The molecule has 1 atom stereocenters. The molecule has 0 spiro atoms. The molecule has 2 aromatic rings. The molecule has 0 radical (unpaired) electrons. The maximum absolute atomic E-state index is 13.8. The maximum Gasteiger partial charge on any atom is 0.259 e. The van der Waals surface area contributed by atoms with Crippen LogP contribution in [-0.4, -0.2) is 27.1 Å². The second-order valence-corrected chi connectivity index (χ2v) is 11.8. The summed E-state index contributed by atoms with van der Waals surface area (Å²) in [5.74, 6) is 0.290. The van der Waals surface area contributed by atoms with Crippen LogP contribution in [0.25, 0.3) is 5.57 Å². The molecule has 4 nitrogen and oxygen atoms in total. The zero-order valence-corrected chi connectivity index (χ0v) is 21.4. The molecule has 33 heavy (non-hydrogen) atoms. The first kappa shape index (κ1) is 25.0. The molecule has 0 aliphatic carbocycles. The number of amides is 1. The van der Waals surface area contributed by atoms with Crippen molar-refractivity contribution in [3.63, 3.8) is 0 Å². The second-order valence-electron chi connectivity index (χ2n) is 9.64. The lowest BCUT2D eigenvalue weighted by molar-refractivity contribution is -0.112. The van der Waals surface area contributed by atoms with Gasteiger partial charge < -0.3 is 4.90 Å². The summed E-state index contributed by atoms with van der Waals surface area (Å²) >= 11 is 0. The van der Waals surface area contributed by atoms with Crippen molar-refractivity contribution in [2.45, 2.75) is 47.5 Å². The first-order valence-electron chi connectivity index (χ1n) is 11.5. The number of aryl methyl sites for hydroxylation is 1. The normalized spacial score (nSPS) is 17.1. The van der Waals surface area contributed by atoms with Crippen LogP contribution in [0.2, 0.25) is 0 Å². The number of nitrogens with zero attached hydrogens (tertiary/aromatic N) is 1. The third-order valence-corrected chi connectivity index (χ3v) is 8.47. The van der Waals surface area contributed by atoms with Gasteiger partial charge in [-0.25, -0.2) is 8.42 Å². The summed E-state index contributed by atoms with van der Waals surface area (Å²) in [6.45, 7) is 10.8. The topological polar surface area (TPSA) is 54.5 Å². The van der Waals surface area contributed by atoms with Crippen LogP contribution in [0, 0.1) is 18.3 Å². The number of allylic oxidation sites excluding steroid dienone is 2. The van der Waals surface area contributed by atoms with Crippen molar-refractivity contribution in [1.82, 2.24) is 0 Å². The quantitative estimate of drug-likeness (QED) is 0.467. The summed E-state index contributed by atoms with van der Waals surface area (Å²) in [7, 11) is -3.18. The SMILES string of the molecule is C/C(=C\CCC(C)(C1=C(c2ccccc2)C(=O)N(c2ccc(C)cc2)C1)C(C)C)S(C)(=O)=O. The van der Waals surface area contributed by atoms with Crippen LogP contribution in [-0.2, 0) is 14.6 Å². The average Bonchev–Trinajstić information content (AvgIpc) is 3.11. The second kappa shape index (κ2) is 9.68. The van der Waals surface area contributed by atoms with Crippen molar-refractivity contribution in [2.24, 2.45) is 11.3 Å². The van der Waals surface area contributed by atoms with Crippen LogP contribution in [0.3, 0.4) is 0 Å². The molecule has 0 aromatic heterocycles. The zero-order chi connectivity index (χ0) is 24.4. The molecule has 3 rings (SSSR count). The van der Waals surface area contributed by atoms with Gasteiger partial charge in [0.2, 0.25) is 0 Å². The Hall–Kier alpha value is -2.66. The zero-order valence-electron chi connectivity index (χ0n) is 20.6. The van der Waals surface area contributed by atoms with Crippen molar-refractivity contribution in [2.75, 3.05) is 17.7 Å². The van der Waals surface area contributed by atoms with Crippen molar-refractivity contribution in [3.8, 4) is 0 Å². The highest BCUT2D eigenvalue weighted by molar-refractivity contribution is 7.94. The molecule has 1 heterocycles. The summed E-state index contributed by atoms with van der Waals surface area (Å²) < 4.78 is 23.7. The summed E-state index contributed by atoms with van der Waals surface area (Å²) in [5, 5.41) is 0. The minimum atomic E-state index is -3.18. The van der Waals surface area contributed by atoms with E-state index < -0.39 is 9.84 Å². The lowest BCUT2D eigenvalue weighted by atomic mass is 9.68. The van der Waals surface area contributed by atoms with Gasteiger partial charge in [-0.15, -0.1) is 0 Å². The molecule has 0 saturated carbocycles. The van der Waals surface area contributed by atoms with Crippen LogP contribution >= 0.6 is 0 Å². The standard InChI is InChI=1S/C28H35NO3S/c1-20(2)28(5,18-10-11-22(4)33(6,31)32)25-19-29(24-16-14-21(3)15-17-24)27(30)26(25)23-12-8-7-9-13-23/h7-9,11-17,20H,10,18-19H2,1-6H3/b22-11+. The highest BCUT2D eigenvalue weighted by Crippen LogP contribution is 2.47. The third kappa shape index (κ3) is 5.30. The Morgan fingerprint density at radius 2 is 1.70 bits per heavy atom. The van der Waals surface area contributed by atoms with E-state index in [0.29, 0.717) is 17.9 Å². The fraction of sp³-hybridized carbons (Fsp3) is 0.393. The van der Waals surface area contributed by atoms with Gasteiger partial charge in [-0.1, -0.05) is 74.9 Å². The van der Waals surface area contributed by atoms with Gasteiger partial charge >= 0.3 is 0 Å². The van der Waals surface area contributed by atoms with E-state index in [-0.39, 0.29) is 17.2 Å². The molecule has 1 aliphatic heterocycles. The monoisotopic (exact) mass is 465 g/mol. The molecule has 2 aromatic carbocycles. The Morgan fingerprint density at radius 1 is 1.09 bits per heavy atom. The van der Waals surface area contributed by atoms with E-state index in [1.54, 1.807) is 6.92 Å². The van der Waals surface area contributed by atoms with Crippen molar-refractivity contribution in [1.29, 1.82) is 0 Å². The van der Waals surface area contributed by atoms with Crippen LogP contribution in [0.4, 0.5) is 5.69 Å². The molecule has 5 heteroatoms. The molecule has 1 unspecified atom stereocenters. The van der Waals surface area contributed by atoms with E-state index in [1.165, 1.54) is 6.26 Å². The van der Waals surface area contributed by atoms with Crippen LogP contribution < -0.4 is 4.90 Å². The van der Waals surface area contributed by atoms with Gasteiger partial charge in [-0.05, 0) is 61.3 Å². The molecule has 176 valence electrons. The van der Waals surface area contributed by atoms with Crippen molar-refractivity contribution < 1.29 is 13.2 Å². The number of benzene rings is 2. The van der Waals surface area contributed by atoms with E-state index in [4.69, 9.17) is 0 Å². The summed E-state index contributed by atoms with van der Waals surface area (Å²) in [6, 6.07) is 18.0. The number of anilines is 1. The van der Waals surface area contributed by atoms with E-state index in [1.807, 2.05) is 72.5 Å². The van der Waals surface area contributed by atoms with Gasteiger partial charge in [0.15, 0.2) is 9.84 Å². The summed E-state index contributed by atoms with van der Waals surface area (Å²) in [5.41, 5.74) is 4.61. The maximum atomic E-state index is 13.8. The van der Waals surface area contributed by atoms with E-state index in [9.17, 15) is 13.2 Å². The lowest BCUT2D eigenvalue weighted by Crippen LogP contribution is -2.31. The van der Waals surface area contributed by atoms with Gasteiger partial charge in [0, 0.05) is 29.0 Å². The summed E-state index contributed by atoms with van der Waals surface area (Å²) in [6.07, 6.45) is 4.45. The average molecular weight is 466 g/mol. The van der Waals surface area contributed by atoms with Gasteiger partial charge in [0.25, 0.3) is 5.91 Å². The largest absolute Gasteiger partial charge is 0.304 e. The predicted molar refractivity (Wildman–Crippen MR) is 138 cm³/mol. The summed E-state index contributed by atoms with van der Waals surface area (Å²) in [4.78, 5) is 16.0. The van der Waals surface area contributed by atoms with Crippen LogP contribution in [0.5, 0.6) is 0 Å². The van der Waals surface area contributed by atoms with Gasteiger partial charge in [0.1, 0.15) is 0 Å². The molecule has 0 N–H and O–H groups in total. The molecule has 1 amide bonds. The molecular formula is C28H35NO3S. The Kier molecular flexibility index (Phi) is 7.32. The number of rotatable bonds is 8. The Morgan fingerprint density at radius 3 is 2.24 bits per heavy atom. The Balaban J connectivity index is 2.07. The molecule has 1 aliphatic rings. The number of hydrogen-bond donors (Lipinski definition) is 0. The fourth-order valence-electron chi connectivity index (χ4n) is 4.39. The smallest absolute Gasteiger partial charge is 0.259 e. The minimum absolute atomic E-state index is 0.0230. The fourth-order valence-corrected chi connectivity index (χ4v) is 4.81. The third-order valence-electron chi connectivity index (χ3n) is 7.13. The van der Waals surface area contributed by atoms with Crippen LogP contribution in [0.1, 0.15) is 51.7 Å². The van der Waals surface area contributed by atoms with Crippen molar-refractivity contribution >= 4 is 27.0 Å². The highest BCUT2D eigenvalue weighted by Gasteiger charge is 2.42.